The van der Waals surface area contributed by atoms with Gasteiger partial charge < -0.3 is 11.3 Å². The zero-order valence-electron chi connectivity index (χ0n) is 30.2. The fourth-order valence-electron chi connectivity index (χ4n) is 4.61. The molecular weight excluding hydrogens is 648 g/mol. The number of hydrogen-bond acceptors (Lipinski definition) is 8. The van der Waals surface area contributed by atoms with E-state index in [4.69, 9.17) is 13.1 Å². The number of aliphatic hydroxyl groups is 1. The first kappa shape index (κ1) is 48.3. The van der Waals surface area contributed by atoms with E-state index in [9.17, 15) is 21.9 Å². The third-order valence-corrected chi connectivity index (χ3v) is 10.2. The van der Waals surface area contributed by atoms with E-state index in [2.05, 4.69) is 13.8 Å². The Hall–Kier alpha value is -0.820. The summed E-state index contributed by atoms with van der Waals surface area (Å²) >= 11 is 0. The van der Waals surface area contributed by atoms with Crippen LogP contribution in [0.15, 0.2) is 58.3 Å². The predicted molar refractivity (Wildman–Crippen MR) is 189 cm³/mol. The van der Waals surface area contributed by atoms with Gasteiger partial charge in [-0.3, -0.25) is 8.37 Å². The van der Waals surface area contributed by atoms with Crippen LogP contribution in [-0.4, -0.2) is 54.5 Å². The van der Waals surface area contributed by atoms with E-state index < -0.39 is 26.3 Å². The van der Waals surface area contributed by atoms with Crippen LogP contribution in [0.1, 0.15) is 124 Å². The van der Waals surface area contributed by atoms with Crippen LogP contribution in [0.5, 0.6) is 0 Å². The van der Waals surface area contributed by atoms with Crippen molar-refractivity contribution in [3.05, 3.63) is 59.7 Å². The number of unbranched alkanes of at least 4 members (excludes halogenated alkanes) is 8. The molecule has 47 heavy (non-hydrogen) atoms. The molecule has 0 radical (unpaired) electrons. The molecule has 2 atom stereocenters. The van der Waals surface area contributed by atoms with Gasteiger partial charge in [0.2, 0.25) is 0 Å². The van der Waals surface area contributed by atoms with Gasteiger partial charge in [-0.05, 0) is 63.8 Å². The molecule has 0 aliphatic rings. The quantitative estimate of drug-likeness (QED) is 0.0845. The Labute approximate surface area is 311 Å². The zero-order chi connectivity index (χ0) is 33.6. The van der Waals surface area contributed by atoms with Gasteiger partial charge in [0.1, 0.15) is 0 Å². The van der Waals surface area contributed by atoms with Gasteiger partial charge in [-0.25, -0.2) is 0 Å². The molecule has 2 aromatic rings. The van der Waals surface area contributed by atoms with Gasteiger partial charge in [0.25, 0.3) is 20.2 Å². The van der Waals surface area contributed by atoms with Crippen LogP contribution < -0.4 is 29.6 Å². The third-order valence-electron chi connectivity index (χ3n) is 7.59. The van der Waals surface area contributed by atoms with Crippen LogP contribution in [0.4, 0.5) is 0 Å². The summed E-state index contributed by atoms with van der Waals surface area (Å²) in [7, 11) is -5.71. The van der Waals surface area contributed by atoms with Gasteiger partial charge >= 0.3 is 29.6 Å². The Morgan fingerprint density at radius 3 is 1.40 bits per heavy atom. The van der Waals surface area contributed by atoms with Crippen molar-refractivity contribution < 1.29 is 66.0 Å². The number of rotatable bonds is 23. The average Bonchev–Trinajstić information content (AvgIpc) is 3.00. The van der Waals surface area contributed by atoms with Gasteiger partial charge in [0, 0.05) is 7.11 Å². The molecule has 0 heterocycles. The van der Waals surface area contributed by atoms with Crippen molar-refractivity contribution in [3.63, 3.8) is 0 Å². The number of hydrogen-bond donors (Lipinski definition) is 1. The Morgan fingerprint density at radius 1 is 0.617 bits per heavy atom. The van der Waals surface area contributed by atoms with Crippen LogP contribution >= 0.6 is 0 Å². The van der Waals surface area contributed by atoms with E-state index in [1.54, 1.807) is 43.5 Å². The number of aliphatic hydroxyl groups excluding tert-OH is 1. The van der Waals surface area contributed by atoms with Gasteiger partial charge in [0.05, 0.1) is 35.2 Å². The minimum absolute atomic E-state index is 0. The summed E-state index contributed by atoms with van der Waals surface area (Å²) in [6.07, 6.45) is 14.0. The number of ether oxygens (including phenoxy) is 1. The summed E-state index contributed by atoms with van der Waals surface area (Å²) in [5.74, 6) is 0. The van der Waals surface area contributed by atoms with Crippen molar-refractivity contribution in [2.45, 2.75) is 147 Å². The van der Waals surface area contributed by atoms with Crippen LogP contribution in [-0.2, 0) is 33.3 Å². The molecule has 0 fully saturated rings. The Balaban J connectivity index is -0.000000795. The van der Waals surface area contributed by atoms with Gasteiger partial charge in [-0.1, -0.05) is 121 Å². The van der Waals surface area contributed by atoms with Crippen molar-refractivity contribution in [2.75, 3.05) is 20.3 Å². The van der Waals surface area contributed by atoms with Gasteiger partial charge in [-0.15, -0.1) is 0 Å². The molecular formula is C36H63NaO8S2. The molecule has 0 spiro atoms. The van der Waals surface area contributed by atoms with Crippen LogP contribution in [0.2, 0.25) is 0 Å². The predicted octanol–water partition coefficient (Wildman–Crippen LogP) is 6.03. The van der Waals surface area contributed by atoms with Crippen molar-refractivity contribution in [2.24, 2.45) is 0 Å². The van der Waals surface area contributed by atoms with E-state index in [-0.39, 0.29) is 67.5 Å². The van der Waals surface area contributed by atoms with Crippen LogP contribution in [0.25, 0.3) is 0 Å². The molecule has 1 N–H and O–H groups in total. The minimum atomic E-state index is -3.72. The topological polar surface area (TPSA) is 116 Å². The number of aryl methyl sites for hydroxylation is 2. The van der Waals surface area contributed by atoms with Gasteiger partial charge in [0.15, 0.2) is 0 Å². The molecule has 268 valence electrons. The first-order valence-corrected chi connectivity index (χ1v) is 19.4. The fraction of sp³-hybridized carbons (Fsp3) is 0.667. The second-order valence-electron chi connectivity index (χ2n) is 11.7. The monoisotopic (exact) mass is 710 g/mol. The molecule has 0 saturated heterocycles. The smallest absolute Gasteiger partial charge is 1.00 e. The molecule has 8 nitrogen and oxygen atoms in total. The summed E-state index contributed by atoms with van der Waals surface area (Å²) in [5.41, 5.74) is 2.02. The van der Waals surface area contributed by atoms with Gasteiger partial charge in [-0.2, -0.15) is 16.8 Å². The molecule has 0 unspecified atom stereocenters. The molecule has 0 aliphatic carbocycles. The summed E-state index contributed by atoms with van der Waals surface area (Å²) in [4.78, 5) is 0.365. The Morgan fingerprint density at radius 2 is 1.00 bits per heavy atom. The maximum Gasteiger partial charge on any atom is 1.00 e. The molecule has 2 rings (SSSR count). The maximum atomic E-state index is 12.1. The van der Waals surface area contributed by atoms with Crippen molar-refractivity contribution in [1.29, 1.82) is 0 Å². The van der Waals surface area contributed by atoms with Crippen molar-refractivity contribution in [3.8, 4) is 0 Å². The number of methoxy groups -OCH3 is 1. The molecule has 0 bridgehead atoms. The summed E-state index contributed by atoms with van der Waals surface area (Å²) in [6.45, 7) is 8.36. The van der Waals surface area contributed by atoms with Crippen LogP contribution in [0.3, 0.4) is 0 Å². The first-order chi connectivity index (χ1) is 21.4. The molecule has 0 aromatic heterocycles. The second-order valence-corrected chi connectivity index (χ2v) is 14.9. The second kappa shape index (κ2) is 27.9. The molecule has 0 amide bonds. The standard InChI is InChI=1S/C18H30O4S.C17H28O4S.CH4.Na.H/c1-4-5-6-7-8-9-17(21-3)14-15-22-23(19,20)18-12-10-16(2)11-13-18;1-3-4-5-6-7-8-16(18)13-14-21-22(19,20)17-11-9-15(2)10-12-17;;;/h10-13,17H,4-9,14-15H2,1-3H3;9-12,16,18H,3-8,13-14H2,1-2H3;1H4;;/q;;;+1;-1/t17-;16-;;;/m11.../s1. The SMILES string of the molecule is C.CCCCCCC[C@@H](O)CCOS(=O)(=O)c1ccc(C)cc1.CCCCCCC[C@H](CCOS(=O)(=O)c1ccc(C)cc1)OC.[H-].[Na+]. The summed E-state index contributed by atoms with van der Waals surface area (Å²) in [5, 5.41) is 9.83. The maximum absolute atomic E-state index is 12.1. The van der Waals surface area contributed by atoms with Crippen molar-refractivity contribution >= 4 is 20.2 Å². The van der Waals surface area contributed by atoms with E-state index in [1.807, 2.05) is 13.8 Å². The minimum Gasteiger partial charge on any atom is -1.00 e. The van der Waals surface area contributed by atoms with E-state index in [0.29, 0.717) is 19.3 Å². The summed E-state index contributed by atoms with van der Waals surface area (Å²) in [6, 6.07) is 13.2. The molecule has 0 aliphatic heterocycles. The normalized spacial score (nSPS) is 12.6. The molecule has 11 heteroatoms. The summed E-state index contributed by atoms with van der Waals surface area (Å²) < 4.78 is 63.6. The largest absolute Gasteiger partial charge is 1.00 e. The Bertz CT molecular complexity index is 1240. The zero-order valence-corrected chi connectivity index (χ0v) is 32.8. The van der Waals surface area contributed by atoms with E-state index in [0.717, 1.165) is 36.8 Å². The Kier molecular flexibility index (Phi) is 28.7. The first-order valence-electron chi connectivity index (χ1n) is 16.6. The van der Waals surface area contributed by atoms with E-state index >= 15 is 0 Å². The number of benzene rings is 2. The van der Waals surface area contributed by atoms with Crippen molar-refractivity contribution in [1.82, 2.24) is 0 Å². The van der Waals surface area contributed by atoms with Crippen LogP contribution in [0, 0.1) is 13.8 Å². The molecule has 0 saturated carbocycles. The third kappa shape index (κ3) is 22.5. The molecule has 2 aromatic carbocycles. The fourth-order valence-corrected chi connectivity index (χ4v) is 6.45. The van der Waals surface area contributed by atoms with E-state index in [1.165, 1.54) is 57.1 Å². The average molecular weight is 711 g/mol.